The van der Waals surface area contributed by atoms with Crippen LogP contribution in [-0.2, 0) is 13.2 Å². The molecule has 0 aliphatic carbocycles. The molecule has 6 nitrogen and oxygen atoms in total. The van der Waals surface area contributed by atoms with Crippen LogP contribution in [0.4, 0.5) is 0 Å². The number of methoxy groups -OCH3 is 1. The van der Waals surface area contributed by atoms with Crippen LogP contribution in [-0.4, -0.2) is 31.4 Å². The number of nitrogens with one attached hydrogen (secondary N) is 1. The zero-order valence-electron chi connectivity index (χ0n) is 29.1. The quantitative estimate of drug-likeness (QED) is 0.120. The summed E-state index contributed by atoms with van der Waals surface area (Å²) in [5, 5.41) is 17.7. The number of rotatable bonds is 14. The van der Waals surface area contributed by atoms with Gasteiger partial charge in [0, 0.05) is 23.2 Å². The Kier molecular flexibility index (Phi) is 11.1. The van der Waals surface area contributed by atoms with Gasteiger partial charge in [-0.05, 0) is 95.2 Å². The topological polar surface area (TPSA) is 69.2 Å². The van der Waals surface area contributed by atoms with Crippen molar-refractivity contribution < 1.29 is 24.1 Å². The van der Waals surface area contributed by atoms with E-state index in [4.69, 9.17) is 18.9 Å². The van der Waals surface area contributed by atoms with Gasteiger partial charge < -0.3 is 29.4 Å². The van der Waals surface area contributed by atoms with Crippen molar-refractivity contribution in [3.8, 4) is 34.1 Å². The summed E-state index contributed by atoms with van der Waals surface area (Å²) in [6, 6.07) is 44.6. The largest absolute Gasteiger partial charge is 0.497 e. The molecule has 0 spiro atoms. The first-order valence-corrected chi connectivity index (χ1v) is 17.9. The lowest BCUT2D eigenvalue weighted by atomic mass is 9.88. The number of piperidine rings is 1. The van der Waals surface area contributed by atoms with Gasteiger partial charge in [-0.25, -0.2) is 0 Å². The highest BCUT2D eigenvalue weighted by molar-refractivity contribution is 5.94. The lowest BCUT2D eigenvalue weighted by molar-refractivity contribution is 0.222. The molecule has 0 radical (unpaired) electrons. The second-order valence-corrected chi connectivity index (χ2v) is 13.1. The summed E-state index contributed by atoms with van der Waals surface area (Å²) >= 11 is 0. The van der Waals surface area contributed by atoms with Crippen LogP contribution in [0.25, 0.3) is 21.9 Å². The highest BCUT2D eigenvalue weighted by Gasteiger charge is 2.22. The molecule has 0 saturated carbocycles. The Labute approximate surface area is 300 Å². The van der Waals surface area contributed by atoms with Crippen LogP contribution in [0.5, 0.6) is 23.0 Å². The van der Waals surface area contributed by atoms with E-state index >= 15 is 0 Å². The summed E-state index contributed by atoms with van der Waals surface area (Å²) in [6.45, 7) is 2.58. The van der Waals surface area contributed by atoms with Crippen molar-refractivity contribution in [3.63, 3.8) is 0 Å². The average Bonchev–Trinajstić information content (AvgIpc) is 3.20. The predicted molar refractivity (Wildman–Crippen MR) is 204 cm³/mol. The van der Waals surface area contributed by atoms with Gasteiger partial charge in [0.25, 0.3) is 0 Å². The first kappa shape index (κ1) is 34.2. The second kappa shape index (κ2) is 16.6. The molecule has 0 amide bonds. The predicted octanol–water partition coefficient (Wildman–Crippen LogP) is 9.67. The van der Waals surface area contributed by atoms with Gasteiger partial charge in [-0.15, -0.1) is 0 Å². The number of aliphatic hydroxyl groups is 1. The molecule has 0 bridgehead atoms. The number of fused-ring (bicyclic) bond motifs is 1. The standard InChI is InChI=1S/C45H45NO5/c1-48-38-20-23-40-35(28-38)17-22-42(44(40)45(47)34-15-18-37(19-16-34)49-27-25-36-14-8-9-26-46-36)41-24-21-39(50-30-32-10-4-2-5-11-32)29-43(41)51-31-33-12-6-3-7-13-33/h2-7,10-13,15-24,28-29,36,45-47H,8-9,14,25-27,30-31H2,1H3. The summed E-state index contributed by atoms with van der Waals surface area (Å²) < 4.78 is 24.5. The molecule has 1 aliphatic rings. The minimum Gasteiger partial charge on any atom is -0.497 e. The summed E-state index contributed by atoms with van der Waals surface area (Å²) in [6.07, 6.45) is 3.80. The fourth-order valence-electron chi connectivity index (χ4n) is 6.80. The maximum atomic E-state index is 12.2. The van der Waals surface area contributed by atoms with Gasteiger partial charge in [-0.2, -0.15) is 0 Å². The normalized spacial score (nSPS) is 14.9. The van der Waals surface area contributed by atoms with Gasteiger partial charge in [0.15, 0.2) is 0 Å². The van der Waals surface area contributed by atoms with Crippen LogP contribution >= 0.6 is 0 Å². The van der Waals surface area contributed by atoms with E-state index in [0.29, 0.717) is 37.4 Å². The third-order valence-electron chi connectivity index (χ3n) is 9.61. The van der Waals surface area contributed by atoms with Gasteiger partial charge >= 0.3 is 0 Å². The third kappa shape index (κ3) is 8.54. The van der Waals surface area contributed by atoms with E-state index in [9.17, 15) is 5.11 Å². The molecule has 51 heavy (non-hydrogen) atoms. The third-order valence-corrected chi connectivity index (χ3v) is 9.61. The Morgan fingerprint density at radius 2 is 1.35 bits per heavy atom. The first-order valence-electron chi connectivity index (χ1n) is 17.9. The molecule has 1 fully saturated rings. The molecule has 0 aromatic heterocycles. The van der Waals surface area contributed by atoms with Gasteiger partial charge in [0.2, 0.25) is 0 Å². The maximum absolute atomic E-state index is 12.2. The molecule has 6 aromatic rings. The van der Waals surface area contributed by atoms with E-state index in [1.165, 1.54) is 19.3 Å². The zero-order chi connectivity index (χ0) is 34.8. The van der Waals surface area contributed by atoms with E-state index in [1.54, 1.807) is 7.11 Å². The molecular formula is C45H45NO5. The average molecular weight is 680 g/mol. The van der Waals surface area contributed by atoms with Crippen molar-refractivity contribution in [3.05, 3.63) is 156 Å². The van der Waals surface area contributed by atoms with Crippen molar-refractivity contribution in [1.29, 1.82) is 0 Å². The van der Waals surface area contributed by atoms with Crippen molar-refractivity contribution in [1.82, 2.24) is 5.32 Å². The van der Waals surface area contributed by atoms with E-state index in [1.807, 2.05) is 121 Å². The Bertz CT molecular complexity index is 2010. The molecule has 1 saturated heterocycles. The second-order valence-electron chi connectivity index (χ2n) is 13.1. The number of benzene rings is 6. The zero-order valence-corrected chi connectivity index (χ0v) is 29.1. The van der Waals surface area contributed by atoms with Gasteiger partial charge in [-0.3, -0.25) is 0 Å². The Balaban J connectivity index is 1.22. The molecule has 2 N–H and O–H groups in total. The van der Waals surface area contributed by atoms with Crippen molar-refractivity contribution in [2.75, 3.05) is 20.3 Å². The van der Waals surface area contributed by atoms with Crippen LogP contribution < -0.4 is 24.3 Å². The number of aliphatic hydroxyl groups excluding tert-OH is 1. The lowest BCUT2D eigenvalue weighted by Crippen LogP contribution is -2.35. The number of ether oxygens (including phenoxy) is 4. The lowest BCUT2D eigenvalue weighted by Gasteiger charge is -2.23. The summed E-state index contributed by atoms with van der Waals surface area (Å²) in [5.74, 6) is 2.93. The first-order chi connectivity index (χ1) is 25.1. The summed E-state index contributed by atoms with van der Waals surface area (Å²) in [4.78, 5) is 0. The van der Waals surface area contributed by atoms with Crippen LogP contribution in [0.3, 0.4) is 0 Å². The van der Waals surface area contributed by atoms with Crippen LogP contribution in [0.1, 0.15) is 54.0 Å². The Morgan fingerprint density at radius 3 is 2.06 bits per heavy atom. The van der Waals surface area contributed by atoms with E-state index < -0.39 is 6.10 Å². The molecule has 2 atom stereocenters. The van der Waals surface area contributed by atoms with Crippen molar-refractivity contribution in [2.24, 2.45) is 0 Å². The van der Waals surface area contributed by atoms with Crippen LogP contribution in [0, 0.1) is 0 Å². The SMILES string of the molecule is COc1ccc2c(C(O)c3ccc(OCCC4CCCCN4)cc3)c(-c3ccc(OCc4ccccc4)cc3OCc3ccccc3)ccc2c1. The smallest absolute Gasteiger partial charge is 0.131 e. The molecule has 2 unspecified atom stereocenters. The Hall–Kier alpha value is -5.30. The Morgan fingerprint density at radius 1 is 0.667 bits per heavy atom. The van der Waals surface area contributed by atoms with E-state index in [2.05, 4.69) is 17.4 Å². The van der Waals surface area contributed by atoms with E-state index in [-0.39, 0.29) is 0 Å². The summed E-state index contributed by atoms with van der Waals surface area (Å²) in [7, 11) is 1.67. The molecular weight excluding hydrogens is 634 g/mol. The van der Waals surface area contributed by atoms with E-state index in [0.717, 1.165) is 68.6 Å². The fraction of sp³-hybridized carbons (Fsp3) is 0.244. The maximum Gasteiger partial charge on any atom is 0.131 e. The molecule has 7 rings (SSSR count). The molecule has 1 aliphatic heterocycles. The van der Waals surface area contributed by atoms with Crippen LogP contribution in [0.15, 0.2) is 133 Å². The van der Waals surface area contributed by atoms with Gasteiger partial charge in [-0.1, -0.05) is 97.4 Å². The molecule has 260 valence electrons. The molecule has 6 heteroatoms. The monoisotopic (exact) mass is 679 g/mol. The van der Waals surface area contributed by atoms with Gasteiger partial charge in [0.1, 0.15) is 42.3 Å². The molecule has 6 aromatic carbocycles. The minimum atomic E-state index is -0.923. The van der Waals surface area contributed by atoms with Crippen molar-refractivity contribution in [2.45, 2.75) is 51.0 Å². The van der Waals surface area contributed by atoms with Gasteiger partial charge in [0.05, 0.1) is 13.7 Å². The highest BCUT2D eigenvalue weighted by Crippen LogP contribution is 2.43. The fourth-order valence-corrected chi connectivity index (χ4v) is 6.80. The number of hydrogen-bond acceptors (Lipinski definition) is 6. The summed E-state index contributed by atoms with van der Waals surface area (Å²) in [5.41, 5.74) is 5.44. The minimum absolute atomic E-state index is 0.386. The van der Waals surface area contributed by atoms with Crippen LogP contribution in [0.2, 0.25) is 0 Å². The highest BCUT2D eigenvalue weighted by atomic mass is 16.5. The van der Waals surface area contributed by atoms with Crippen molar-refractivity contribution >= 4 is 10.8 Å². The number of hydrogen-bond donors (Lipinski definition) is 2. The molecule has 1 heterocycles.